The molecular formula is C39H49N3O7. The van der Waals surface area contributed by atoms with Gasteiger partial charge < -0.3 is 29.7 Å². The number of nitrogens with one attached hydrogen (secondary N) is 1. The van der Waals surface area contributed by atoms with Crippen LogP contribution in [0, 0.1) is 11.8 Å². The van der Waals surface area contributed by atoms with Crippen molar-refractivity contribution in [2.75, 3.05) is 13.2 Å². The minimum Gasteiger partial charge on any atom is -0.455 e. The van der Waals surface area contributed by atoms with Crippen LogP contribution in [-0.2, 0) is 28.7 Å². The summed E-state index contributed by atoms with van der Waals surface area (Å²) >= 11 is 0. The number of hydrogen-bond donors (Lipinski definition) is 2. The second-order valence-corrected chi connectivity index (χ2v) is 14.3. The molecule has 10 heteroatoms. The third-order valence-corrected chi connectivity index (χ3v) is 10.1. The molecule has 10 nitrogen and oxygen atoms in total. The molecule has 262 valence electrons. The standard InChI is InChI=1S/C39H49N3O7/c1-7-9-20-30(44)40-25(3)33(27-18-14-11-15-19-27)48-37(47)31-29-21-22-39(49-29)32(31)35(45)42(28(24-43)26-16-12-10-13-17-26)34(39)36(46)41(23-8-2)38(4,5)6/h7-8,10-19,25,28-29,31-34,43H,1-2,9,20-24H2,3-6H3,(H,40,44)/t25-,28+,29+,31-,32-,33-,34+,39-/m0/s1. The number of fused-ring (bicyclic) bond motifs is 1. The molecule has 0 unspecified atom stereocenters. The van der Waals surface area contributed by atoms with Gasteiger partial charge in [0.15, 0.2) is 0 Å². The molecule has 8 atom stereocenters. The summed E-state index contributed by atoms with van der Waals surface area (Å²) in [7, 11) is 0. The van der Waals surface area contributed by atoms with Crippen molar-refractivity contribution in [2.24, 2.45) is 11.8 Å². The van der Waals surface area contributed by atoms with Crippen LogP contribution in [-0.4, -0.2) is 81.1 Å². The largest absolute Gasteiger partial charge is 0.455 e. The second-order valence-electron chi connectivity index (χ2n) is 14.3. The Labute approximate surface area is 289 Å². The van der Waals surface area contributed by atoms with E-state index in [4.69, 9.17) is 9.47 Å². The first-order valence-electron chi connectivity index (χ1n) is 17.1. The van der Waals surface area contributed by atoms with Crippen LogP contribution >= 0.6 is 0 Å². The first-order valence-corrected chi connectivity index (χ1v) is 17.1. The van der Waals surface area contributed by atoms with Crippen LogP contribution in [0.3, 0.4) is 0 Å². The number of rotatable bonds is 14. The predicted octanol–water partition coefficient (Wildman–Crippen LogP) is 4.66. The lowest BCUT2D eigenvalue weighted by atomic mass is 9.70. The van der Waals surface area contributed by atoms with E-state index in [0.717, 1.165) is 0 Å². The molecule has 0 saturated carbocycles. The van der Waals surface area contributed by atoms with Gasteiger partial charge in [0.05, 0.1) is 36.6 Å². The van der Waals surface area contributed by atoms with Gasteiger partial charge in [-0.25, -0.2) is 0 Å². The van der Waals surface area contributed by atoms with Crippen molar-refractivity contribution in [3.05, 3.63) is 97.1 Å². The van der Waals surface area contributed by atoms with Crippen molar-refractivity contribution in [3.63, 3.8) is 0 Å². The molecule has 1 spiro atoms. The average Bonchev–Trinajstić information content (AvgIpc) is 3.73. The van der Waals surface area contributed by atoms with Gasteiger partial charge in [-0.2, -0.15) is 0 Å². The van der Waals surface area contributed by atoms with Crippen molar-refractivity contribution < 1.29 is 33.8 Å². The number of hydrogen-bond acceptors (Lipinski definition) is 7. The van der Waals surface area contributed by atoms with E-state index in [0.29, 0.717) is 30.4 Å². The molecule has 3 heterocycles. The smallest absolute Gasteiger partial charge is 0.313 e. The maximum atomic E-state index is 14.8. The van der Waals surface area contributed by atoms with Crippen molar-refractivity contribution in [1.29, 1.82) is 0 Å². The van der Waals surface area contributed by atoms with Crippen LogP contribution in [0.2, 0.25) is 0 Å². The summed E-state index contributed by atoms with van der Waals surface area (Å²) in [4.78, 5) is 59.8. The lowest BCUT2D eigenvalue weighted by Gasteiger charge is -2.43. The van der Waals surface area contributed by atoms with E-state index in [1.54, 1.807) is 24.0 Å². The summed E-state index contributed by atoms with van der Waals surface area (Å²) in [6.45, 7) is 14.9. The number of allylic oxidation sites excluding steroid dienone is 1. The topological polar surface area (TPSA) is 125 Å². The molecule has 0 radical (unpaired) electrons. The summed E-state index contributed by atoms with van der Waals surface area (Å²) in [6, 6.07) is 15.7. The van der Waals surface area contributed by atoms with Crippen LogP contribution in [0.5, 0.6) is 0 Å². The van der Waals surface area contributed by atoms with Gasteiger partial charge >= 0.3 is 5.97 Å². The van der Waals surface area contributed by atoms with E-state index in [-0.39, 0.29) is 24.8 Å². The zero-order valence-corrected chi connectivity index (χ0v) is 28.9. The molecule has 2 aromatic carbocycles. The van der Waals surface area contributed by atoms with Crippen molar-refractivity contribution in [2.45, 2.75) is 94.9 Å². The van der Waals surface area contributed by atoms with E-state index in [1.807, 2.05) is 81.4 Å². The highest BCUT2D eigenvalue weighted by Crippen LogP contribution is 2.60. The number of aliphatic hydroxyl groups is 1. The molecule has 3 fully saturated rings. The van der Waals surface area contributed by atoms with Crippen molar-refractivity contribution in [1.82, 2.24) is 15.1 Å². The normalized spacial score (nSPS) is 26.0. The zero-order valence-electron chi connectivity index (χ0n) is 28.9. The highest BCUT2D eigenvalue weighted by atomic mass is 16.6. The summed E-state index contributed by atoms with van der Waals surface area (Å²) in [5, 5.41) is 13.7. The van der Waals surface area contributed by atoms with Crippen LogP contribution in [0.1, 0.15) is 76.7 Å². The van der Waals surface area contributed by atoms with Gasteiger partial charge in [0, 0.05) is 18.5 Å². The Balaban J connectivity index is 1.54. The van der Waals surface area contributed by atoms with Crippen LogP contribution < -0.4 is 5.32 Å². The fourth-order valence-electron chi connectivity index (χ4n) is 7.91. The molecule has 3 aliphatic rings. The Kier molecular flexibility index (Phi) is 10.8. The molecule has 49 heavy (non-hydrogen) atoms. The number of esters is 1. The minimum absolute atomic E-state index is 0.201. The van der Waals surface area contributed by atoms with E-state index in [2.05, 4.69) is 18.5 Å². The first-order chi connectivity index (χ1) is 23.4. The third-order valence-electron chi connectivity index (χ3n) is 10.1. The van der Waals surface area contributed by atoms with E-state index in [1.165, 1.54) is 4.90 Å². The predicted molar refractivity (Wildman–Crippen MR) is 185 cm³/mol. The van der Waals surface area contributed by atoms with Gasteiger partial charge in [-0.1, -0.05) is 72.8 Å². The summed E-state index contributed by atoms with van der Waals surface area (Å²) in [5.74, 6) is -3.59. The van der Waals surface area contributed by atoms with Gasteiger partial charge in [-0.3, -0.25) is 19.2 Å². The zero-order chi connectivity index (χ0) is 35.5. The molecule has 3 amide bonds. The number of ether oxygens (including phenoxy) is 2. The SMILES string of the molecule is C=CCCC(=O)N[C@@H](C)[C@H](OC(=O)[C@@H]1[C@H]2C(=O)N([C@H](CO)c3ccccc3)[C@H](C(=O)N(CC=C)C(C)(C)C)[C@]23CC[C@H]1O3)c1ccccc1. The second kappa shape index (κ2) is 14.7. The van der Waals surface area contributed by atoms with E-state index in [9.17, 15) is 24.3 Å². The molecule has 3 saturated heterocycles. The minimum atomic E-state index is -1.30. The molecule has 5 rings (SSSR count). The van der Waals surface area contributed by atoms with Gasteiger partial charge in [-0.05, 0) is 58.1 Å². The van der Waals surface area contributed by atoms with Crippen molar-refractivity contribution in [3.8, 4) is 0 Å². The van der Waals surface area contributed by atoms with E-state index >= 15 is 0 Å². The number of carbonyl (C=O) groups is 4. The summed E-state index contributed by atoms with van der Waals surface area (Å²) < 4.78 is 12.9. The Morgan fingerprint density at radius 2 is 1.71 bits per heavy atom. The Morgan fingerprint density at radius 1 is 1.08 bits per heavy atom. The molecule has 3 aliphatic heterocycles. The number of carbonyl (C=O) groups excluding carboxylic acids is 4. The summed E-state index contributed by atoms with van der Waals surface area (Å²) in [6.07, 6.45) is 3.43. The summed E-state index contributed by atoms with van der Waals surface area (Å²) in [5.41, 5.74) is -0.576. The fraction of sp³-hybridized carbons (Fsp3) is 0.487. The molecule has 2 aromatic rings. The molecule has 2 bridgehead atoms. The molecular weight excluding hydrogens is 622 g/mol. The Morgan fingerprint density at radius 3 is 2.29 bits per heavy atom. The third kappa shape index (κ3) is 6.81. The van der Waals surface area contributed by atoms with Gasteiger partial charge in [0.2, 0.25) is 17.7 Å². The highest BCUT2D eigenvalue weighted by molar-refractivity contribution is 5.98. The average molecular weight is 672 g/mol. The molecule has 0 aliphatic carbocycles. The molecule has 0 aromatic heterocycles. The monoisotopic (exact) mass is 671 g/mol. The fourth-order valence-corrected chi connectivity index (χ4v) is 7.91. The Bertz CT molecular complexity index is 1540. The van der Waals surface area contributed by atoms with Gasteiger partial charge in [0.1, 0.15) is 17.7 Å². The maximum Gasteiger partial charge on any atom is 0.313 e. The Hall–Kier alpha value is -4.28. The number of aliphatic hydroxyl groups excluding tert-OH is 1. The molecule has 2 N–H and O–H groups in total. The number of benzene rings is 2. The lowest BCUT2D eigenvalue weighted by molar-refractivity contribution is -0.163. The number of likely N-dealkylation sites (tertiary alicyclic amines) is 1. The number of nitrogens with zero attached hydrogens (tertiary/aromatic N) is 2. The number of amides is 3. The van der Waals surface area contributed by atoms with Gasteiger partial charge in [-0.15, -0.1) is 13.2 Å². The van der Waals surface area contributed by atoms with E-state index < -0.39 is 71.8 Å². The van der Waals surface area contributed by atoms with Crippen LogP contribution in [0.25, 0.3) is 0 Å². The highest BCUT2D eigenvalue weighted by Gasteiger charge is 2.76. The van der Waals surface area contributed by atoms with Crippen molar-refractivity contribution >= 4 is 23.7 Å². The lowest BCUT2D eigenvalue weighted by Crippen LogP contribution is -2.60. The quantitative estimate of drug-likeness (QED) is 0.221. The maximum absolute atomic E-state index is 14.8. The van der Waals surface area contributed by atoms with Crippen LogP contribution in [0.15, 0.2) is 86.0 Å². The first kappa shape index (κ1) is 36.0. The van der Waals surface area contributed by atoms with Gasteiger partial charge in [0.25, 0.3) is 0 Å². The van der Waals surface area contributed by atoms with Crippen LogP contribution in [0.4, 0.5) is 0 Å².